The van der Waals surface area contributed by atoms with E-state index in [1.165, 1.54) is 32.1 Å². The Morgan fingerprint density at radius 3 is 2.16 bits per heavy atom. The Hall–Kier alpha value is -1.42. The number of nitrogens with zero attached hydrogens (tertiary/aromatic N) is 1. The lowest BCUT2D eigenvalue weighted by atomic mass is 9.54. The number of methoxy groups -OCH3 is 2. The van der Waals surface area contributed by atoms with Crippen LogP contribution in [0.1, 0.15) is 42.5 Å². The molecule has 5 heteroatoms. The van der Waals surface area contributed by atoms with Crippen LogP contribution in [0.2, 0.25) is 5.02 Å². The van der Waals surface area contributed by atoms with E-state index in [0.717, 1.165) is 11.8 Å². The predicted molar refractivity (Wildman–Crippen MR) is 97.5 cm³/mol. The first-order chi connectivity index (χ1) is 12.0. The van der Waals surface area contributed by atoms with Crippen LogP contribution in [0, 0.1) is 23.7 Å². The minimum atomic E-state index is 0.0281. The molecule has 0 aliphatic heterocycles. The standard InChI is InChI=1S/C20H26ClNO3/c1-22(18-13-5-11-4-12(7-13)8-14(18)6-11)20(23)15-9-16(21)19(25-3)17(10-15)24-2/h9-14,18H,4-8H2,1-3H3. The molecule has 0 radical (unpaired) electrons. The second-order valence-corrected chi connectivity index (χ2v) is 8.44. The zero-order valence-electron chi connectivity index (χ0n) is 15.1. The third kappa shape index (κ3) is 2.79. The number of ether oxygens (including phenoxy) is 2. The molecule has 4 saturated carbocycles. The van der Waals surface area contributed by atoms with Gasteiger partial charge in [-0.25, -0.2) is 0 Å². The lowest BCUT2D eigenvalue weighted by Crippen LogP contribution is -2.56. The second-order valence-electron chi connectivity index (χ2n) is 8.03. The van der Waals surface area contributed by atoms with Gasteiger partial charge in [0.25, 0.3) is 5.91 Å². The van der Waals surface area contributed by atoms with Crippen LogP contribution in [0.4, 0.5) is 0 Å². The minimum absolute atomic E-state index is 0.0281. The van der Waals surface area contributed by atoms with E-state index in [1.807, 2.05) is 11.9 Å². The van der Waals surface area contributed by atoms with Crippen molar-refractivity contribution in [1.82, 2.24) is 4.90 Å². The zero-order valence-corrected chi connectivity index (χ0v) is 15.9. The molecule has 0 saturated heterocycles. The fourth-order valence-electron chi connectivity index (χ4n) is 5.91. The lowest BCUT2D eigenvalue weighted by Gasteiger charge is -2.56. The van der Waals surface area contributed by atoms with Gasteiger partial charge in [-0.05, 0) is 67.9 Å². The van der Waals surface area contributed by atoms with Crippen LogP contribution in [0.3, 0.4) is 0 Å². The van der Waals surface area contributed by atoms with Gasteiger partial charge in [0.2, 0.25) is 0 Å². The fourth-order valence-corrected chi connectivity index (χ4v) is 6.20. The Morgan fingerprint density at radius 2 is 1.64 bits per heavy atom. The number of benzene rings is 1. The normalized spacial score (nSPS) is 32.6. The van der Waals surface area contributed by atoms with E-state index < -0.39 is 0 Å². The molecular weight excluding hydrogens is 338 g/mol. The summed E-state index contributed by atoms with van der Waals surface area (Å²) in [4.78, 5) is 15.1. The van der Waals surface area contributed by atoms with Crippen molar-refractivity contribution < 1.29 is 14.3 Å². The monoisotopic (exact) mass is 363 g/mol. The van der Waals surface area contributed by atoms with Crippen molar-refractivity contribution in [1.29, 1.82) is 0 Å². The topological polar surface area (TPSA) is 38.8 Å². The Labute approximate surface area is 154 Å². The molecule has 136 valence electrons. The maximum absolute atomic E-state index is 13.2. The Morgan fingerprint density at radius 1 is 1.04 bits per heavy atom. The highest BCUT2D eigenvalue weighted by Gasteiger charge is 2.50. The van der Waals surface area contributed by atoms with E-state index in [9.17, 15) is 4.79 Å². The summed E-state index contributed by atoms with van der Waals surface area (Å²) in [5.74, 6) is 4.13. The van der Waals surface area contributed by atoms with E-state index >= 15 is 0 Å². The highest BCUT2D eigenvalue weighted by molar-refractivity contribution is 6.32. The van der Waals surface area contributed by atoms with Crippen molar-refractivity contribution in [2.75, 3.05) is 21.3 Å². The minimum Gasteiger partial charge on any atom is -0.493 e. The molecule has 25 heavy (non-hydrogen) atoms. The second kappa shape index (κ2) is 6.39. The van der Waals surface area contributed by atoms with Gasteiger partial charge < -0.3 is 14.4 Å². The summed E-state index contributed by atoms with van der Waals surface area (Å²) in [6.45, 7) is 0. The summed E-state index contributed by atoms with van der Waals surface area (Å²) in [5, 5.41) is 0.406. The maximum atomic E-state index is 13.2. The molecule has 0 N–H and O–H groups in total. The van der Waals surface area contributed by atoms with Crippen molar-refractivity contribution >= 4 is 17.5 Å². The molecular formula is C20H26ClNO3. The van der Waals surface area contributed by atoms with Crippen LogP contribution in [-0.2, 0) is 0 Å². The van der Waals surface area contributed by atoms with Crippen molar-refractivity contribution in [3.8, 4) is 11.5 Å². The summed E-state index contributed by atoms with van der Waals surface area (Å²) in [5.41, 5.74) is 0.568. The Bertz CT molecular complexity index is 662. The molecule has 0 spiro atoms. The van der Waals surface area contributed by atoms with Gasteiger partial charge in [0.15, 0.2) is 11.5 Å². The smallest absolute Gasteiger partial charge is 0.254 e. The van der Waals surface area contributed by atoms with Gasteiger partial charge in [0, 0.05) is 18.7 Å². The van der Waals surface area contributed by atoms with Gasteiger partial charge in [0.1, 0.15) is 0 Å². The van der Waals surface area contributed by atoms with E-state index in [4.69, 9.17) is 21.1 Å². The van der Waals surface area contributed by atoms with E-state index in [-0.39, 0.29) is 5.91 Å². The predicted octanol–water partition coefficient (Wildman–Crippen LogP) is 4.25. The van der Waals surface area contributed by atoms with Crippen LogP contribution in [0.15, 0.2) is 12.1 Å². The molecule has 0 heterocycles. The highest BCUT2D eigenvalue weighted by atomic mass is 35.5. The molecule has 0 unspecified atom stereocenters. The van der Waals surface area contributed by atoms with Crippen molar-refractivity contribution in [2.45, 2.75) is 38.1 Å². The molecule has 1 aromatic rings. The van der Waals surface area contributed by atoms with E-state index in [2.05, 4.69) is 0 Å². The molecule has 5 rings (SSSR count). The zero-order chi connectivity index (χ0) is 17.7. The number of carbonyl (C=O) groups is 1. The average Bonchev–Trinajstić information content (AvgIpc) is 2.59. The summed E-state index contributed by atoms with van der Waals surface area (Å²) < 4.78 is 10.6. The Kier molecular flexibility index (Phi) is 4.35. The van der Waals surface area contributed by atoms with Crippen molar-refractivity contribution in [3.63, 3.8) is 0 Å². The summed E-state index contributed by atoms with van der Waals surface area (Å²) in [7, 11) is 5.07. The van der Waals surface area contributed by atoms with Crippen molar-refractivity contribution in [3.05, 3.63) is 22.7 Å². The molecule has 4 fully saturated rings. The fraction of sp³-hybridized carbons (Fsp3) is 0.650. The summed E-state index contributed by atoms with van der Waals surface area (Å²) in [6, 6.07) is 3.80. The van der Waals surface area contributed by atoms with Gasteiger partial charge in [-0.2, -0.15) is 0 Å². The van der Waals surface area contributed by atoms with Crippen LogP contribution in [0.25, 0.3) is 0 Å². The molecule has 1 aromatic carbocycles. The lowest BCUT2D eigenvalue weighted by molar-refractivity contribution is -0.0491. The largest absolute Gasteiger partial charge is 0.493 e. The summed E-state index contributed by atoms with van der Waals surface area (Å²) in [6.07, 6.45) is 6.59. The first kappa shape index (κ1) is 17.0. The number of hydrogen-bond acceptors (Lipinski definition) is 3. The number of carbonyl (C=O) groups excluding carboxylic acids is 1. The van der Waals surface area contributed by atoms with Gasteiger partial charge in [-0.3, -0.25) is 4.79 Å². The Balaban J connectivity index is 1.60. The molecule has 1 amide bonds. The quantitative estimate of drug-likeness (QED) is 0.802. The number of rotatable bonds is 4. The molecule has 0 atom stereocenters. The van der Waals surface area contributed by atoms with E-state index in [1.54, 1.807) is 26.4 Å². The van der Waals surface area contributed by atoms with Crippen molar-refractivity contribution in [2.24, 2.45) is 23.7 Å². The average molecular weight is 364 g/mol. The van der Waals surface area contributed by atoms with Gasteiger partial charge in [-0.1, -0.05) is 11.6 Å². The molecule has 4 bridgehead atoms. The van der Waals surface area contributed by atoms with Crippen LogP contribution < -0.4 is 9.47 Å². The first-order valence-electron chi connectivity index (χ1n) is 9.20. The summed E-state index contributed by atoms with van der Waals surface area (Å²) >= 11 is 6.29. The SMILES string of the molecule is COc1cc(C(=O)N(C)C2C3CC4CC(C3)CC2C4)cc(Cl)c1OC. The van der Waals surface area contributed by atoms with Gasteiger partial charge in [-0.15, -0.1) is 0 Å². The van der Waals surface area contributed by atoms with E-state index in [0.29, 0.717) is 40.0 Å². The molecule has 4 aliphatic carbocycles. The maximum Gasteiger partial charge on any atom is 0.254 e. The molecule has 4 nitrogen and oxygen atoms in total. The third-order valence-corrected chi connectivity index (χ3v) is 6.91. The number of hydrogen-bond donors (Lipinski definition) is 0. The van der Waals surface area contributed by atoms with Crippen LogP contribution >= 0.6 is 11.6 Å². The van der Waals surface area contributed by atoms with Crippen LogP contribution in [0.5, 0.6) is 11.5 Å². The number of amides is 1. The van der Waals surface area contributed by atoms with Gasteiger partial charge >= 0.3 is 0 Å². The van der Waals surface area contributed by atoms with Gasteiger partial charge in [0.05, 0.1) is 19.2 Å². The highest BCUT2D eigenvalue weighted by Crippen LogP contribution is 2.55. The molecule has 4 aliphatic rings. The number of halogens is 1. The molecule has 0 aromatic heterocycles. The van der Waals surface area contributed by atoms with Crippen LogP contribution in [-0.4, -0.2) is 38.1 Å². The third-order valence-electron chi connectivity index (χ3n) is 6.63. The first-order valence-corrected chi connectivity index (χ1v) is 9.58.